The van der Waals surface area contributed by atoms with Gasteiger partial charge in [0.1, 0.15) is 0 Å². The summed E-state index contributed by atoms with van der Waals surface area (Å²) in [4.78, 5) is 9.00. The van der Waals surface area contributed by atoms with E-state index in [0.717, 1.165) is 12.8 Å². The van der Waals surface area contributed by atoms with Crippen molar-refractivity contribution in [2.45, 2.75) is 57.8 Å². The van der Waals surface area contributed by atoms with Gasteiger partial charge in [0.05, 0.1) is 13.2 Å². The number of hydrogen-bond acceptors (Lipinski definition) is 4. The highest BCUT2D eigenvalue weighted by Crippen LogP contribution is 2.09. The summed E-state index contributed by atoms with van der Waals surface area (Å²) in [5, 5.41) is 0. The molecule has 0 radical (unpaired) electrons. The fraction of sp³-hybridized carbons (Fsp3) is 1.00. The Bertz CT molecular complexity index is 101. The fourth-order valence-electron chi connectivity index (χ4n) is 1.61. The van der Waals surface area contributed by atoms with Crippen LogP contribution in [0.1, 0.15) is 57.8 Å². The van der Waals surface area contributed by atoms with Crippen molar-refractivity contribution in [3.8, 4) is 0 Å². The van der Waals surface area contributed by atoms with Crippen LogP contribution in [0.5, 0.6) is 0 Å². The van der Waals surface area contributed by atoms with Gasteiger partial charge < -0.3 is 9.68 Å². The van der Waals surface area contributed by atoms with Gasteiger partial charge in [-0.1, -0.05) is 44.9 Å². The maximum absolute atomic E-state index is 4.93. The van der Waals surface area contributed by atoms with Crippen molar-refractivity contribution in [2.24, 2.45) is 11.8 Å². The molecule has 0 spiro atoms. The molecule has 0 aliphatic heterocycles. The first-order chi connectivity index (χ1) is 7.41. The quantitative estimate of drug-likeness (QED) is 0.389. The van der Waals surface area contributed by atoms with Crippen LogP contribution < -0.4 is 11.8 Å². The highest BCUT2D eigenvalue weighted by atomic mass is 16.6. The fourth-order valence-corrected chi connectivity index (χ4v) is 1.61. The average Bonchev–Trinajstić information content (AvgIpc) is 2.26. The molecule has 92 valence electrons. The van der Waals surface area contributed by atoms with Crippen molar-refractivity contribution < 1.29 is 9.68 Å². The van der Waals surface area contributed by atoms with Crippen molar-refractivity contribution in [1.29, 1.82) is 0 Å². The Balaban J connectivity index is 2.81. The molecule has 0 bridgehead atoms. The van der Waals surface area contributed by atoms with Crippen LogP contribution in [-0.2, 0) is 9.68 Å². The molecule has 0 aliphatic rings. The maximum Gasteiger partial charge on any atom is 0.0679 e. The third-order valence-electron chi connectivity index (χ3n) is 2.52. The van der Waals surface area contributed by atoms with Crippen LogP contribution >= 0.6 is 0 Å². The highest BCUT2D eigenvalue weighted by Gasteiger charge is 1.92. The van der Waals surface area contributed by atoms with Crippen molar-refractivity contribution in [1.82, 2.24) is 0 Å². The van der Waals surface area contributed by atoms with Gasteiger partial charge in [-0.3, -0.25) is 0 Å². The van der Waals surface area contributed by atoms with E-state index < -0.39 is 0 Å². The van der Waals surface area contributed by atoms with Gasteiger partial charge in [-0.05, 0) is 12.8 Å². The third kappa shape index (κ3) is 13.8. The topological polar surface area (TPSA) is 70.5 Å². The Kier molecular flexibility index (Phi) is 13.7. The molecule has 0 heterocycles. The largest absolute Gasteiger partial charge is 0.305 e. The highest BCUT2D eigenvalue weighted by molar-refractivity contribution is 4.47. The molecule has 4 nitrogen and oxygen atoms in total. The lowest BCUT2D eigenvalue weighted by Crippen LogP contribution is -2.00. The van der Waals surface area contributed by atoms with Gasteiger partial charge in [0.25, 0.3) is 0 Å². The lowest BCUT2D eigenvalue weighted by atomic mass is 10.1. The molecule has 0 fully saturated rings. The van der Waals surface area contributed by atoms with E-state index >= 15 is 0 Å². The van der Waals surface area contributed by atoms with E-state index in [2.05, 4.69) is 9.68 Å². The van der Waals surface area contributed by atoms with Gasteiger partial charge in [-0.25, -0.2) is 11.8 Å². The smallest absolute Gasteiger partial charge is 0.0679 e. The van der Waals surface area contributed by atoms with Crippen molar-refractivity contribution in [2.75, 3.05) is 13.2 Å². The Morgan fingerprint density at radius 3 is 1.00 bits per heavy atom. The second-order valence-corrected chi connectivity index (χ2v) is 3.92. The number of hydrogen-bond donors (Lipinski definition) is 2. The van der Waals surface area contributed by atoms with E-state index in [1.807, 2.05) is 0 Å². The molecule has 4 N–H and O–H groups in total. The van der Waals surface area contributed by atoms with E-state index in [9.17, 15) is 0 Å². The first-order valence-corrected chi connectivity index (χ1v) is 6.05. The summed E-state index contributed by atoms with van der Waals surface area (Å²) in [7, 11) is 0. The van der Waals surface area contributed by atoms with E-state index in [1.54, 1.807) is 0 Å². The maximum atomic E-state index is 4.93. The molecule has 0 saturated carbocycles. The second kappa shape index (κ2) is 13.8. The molecule has 0 aromatic rings. The Morgan fingerprint density at radius 2 is 0.733 bits per heavy atom. The number of unbranched alkanes of at least 4 members (excludes halogenated alkanes) is 8. The second-order valence-electron chi connectivity index (χ2n) is 3.92. The molecular formula is C11H26N2O2. The van der Waals surface area contributed by atoms with Crippen molar-refractivity contribution in [3.63, 3.8) is 0 Å². The Hall–Kier alpha value is -0.160. The minimum Gasteiger partial charge on any atom is -0.305 e. The molecule has 0 aliphatic carbocycles. The van der Waals surface area contributed by atoms with Gasteiger partial charge in [-0.2, -0.15) is 0 Å². The molecule has 0 atom stereocenters. The standard InChI is InChI=1S/C11H26N2O2/c12-14-10-8-6-4-2-1-3-5-7-9-11-15-13/h1-13H2. The molecule has 4 heteroatoms. The average molecular weight is 218 g/mol. The zero-order valence-electron chi connectivity index (χ0n) is 9.75. The van der Waals surface area contributed by atoms with Crippen molar-refractivity contribution in [3.05, 3.63) is 0 Å². The molecule has 0 amide bonds. The van der Waals surface area contributed by atoms with Crippen LogP contribution in [0.4, 0.5) is 0 Å². The third-order valence-corrected chi connectivity index (χ3v) is 2.52. The van der Waals surface area contributed by atoms with Crippen LogP contribution in [-0.4, -0.2) is 13.2 Å². The number of rotatable bonds is 12. The van der Waals surface area contributed by atoms with Crippen LogP contribution in [0.25, 0.3) is 0 Å². The molecule has 0 rings (SSSR count). The minimum absolute atomic E-state index is 0.694. The molecular weight excluding hydrogens is 192 g/mol. The lowest BCUT2D eigenvalue weighted by molar-refractivity contribution is 0.133. The monoisotopic (exact) mass is 218 g/mol. The summed E-state index contributed by atoms with van der Waals surface area (Å²) in [5.41, 5.74) is 0. The van der Waals surface area contributed by atoms with Gasteiger partial charge >= 0.3 is 0 Å². The first kappa shape index (κ1) is 14.8. The molecule has 0 saturated heterocycles. The summed E-state index contributed by atoms with van der Waals surface area (Å²) in [5.74, 6) is 9.86. The zero-order chi connectivity index (χ0) is 11.2. The van der Waals surface area contributed by atoms with E-state index in [-0.39, 0.29) is 0 Å². The van der Waals surface area contributed by atoms with Crippen LogP contribution in [0.2, 0.25) is 0 Å². The molecule has 0 aromatic carbocycles. The van der Waals surface area contributed by atoms with Gasteiger partial charge in [0, 0.05) is 0 Å². The summed E-state index contributed by atoms with van der Waals surface area (Å²) in [6.45, 7) is 1.39. The molecule has 15 heavy (non-hydrogen) atoms. The minimum atomic E-state index is 0.694. The molecule has 0 unspecified atom stereocenters. The SMILES string of the molecule is NOCCCCCCCCCCCON. The van der Waals surface area contributed by atoms with Crippen molar-refractivity contribution >= 4 is 0 Å². The zero-order valence-corrected chi connectivity index (χ0v) is 9.75. The lowest BCUT2D eigenvalue weighted by Gasteiger charge is -2.01. The Labute approximate surface area is 93.2 Å². The summed E-state index contributed by atoms with van der Waals surface area (Å²) in [6.07, 6.45) is 11.2. The Morgan fingerprint density at radius 1 is 0.467 bits per heavy atom. The predicted octanol–water partition coefficient (Wildman–Crippen LogP) is 2.28. The van der Waals surface area contributed by atoms with E-state index in [1.165, 1.54) is 44.9 Å². The van der Waals surface area contributed by atoms with E-state index in [4.69, 9.17) is 11.8 Å². The number of nitrogens with two attached hydrogens (primary N) is 2. The van der Waals surface area contributed by atoms with Crippen LogP contribution in [0, 0.1) is 0 Å². The van der Waals surface area contributed by atoms with Crippen LogP contribution in [0.15, 0.2) is 0 Å². The predicted molar refractivity (Wildman–Crippen MR) is 61.8 cm³/mol. The molecule has 0 aromatic heterocycles. The normalized spacial score (nSPS) is 10.8. The summed E-state index contributed by atoms with van der Waals surface area (Å²) >= 11 is 0. The summed E-state index contributed by atoms with van der Waals surface area (Å²) < 4.78 is 0. The van der Waals surface area contributed by atoms with Gasteiger partial charge in [0.2, 0.25) is 0 Å². The van der Waals surface area contributed by atoms with Gasteiger partial charge in [0.15, 0.2) is 0 Å². The first-order valence-electron chi connectivity index (χ1n) is 6.05. The van der Waals surface area contributed by atoms with E-state index in [0.29, 0.717) is 13.2 Å². The summed E-state index contributed by atoms with van der Waals surface area (Å²) in [6, 6.07) is 0. The van der Waals surface area contributed by atoms with Gasteiger partial charge in [-0.15, -0.1) is 0 Å². The van der Waals surface area contributed by atoms with Crippen LogP contribution in [0.3, 0.4) is 0 Å².